The number of esters is 1. The molecule has 0 saturated heterocycles. The van der Waals surface area contributed by atoms with Gasteiger partial charge in [-0.15, -0.1) is 0 Å². The highest BCUT2D eigenvalue weighted by Gasteiger charge is 2.30. The Morgan fingerprint density at radius 3 is 2.42 bits per heavy atom. The highest BCUT2D eigenvalue weighted by atomic mass is 16.5. The summed E-state index contributed by atoms with van der Waals surface area (Å²) in [6, 6.07) is 1.99. The minimum atomic E-state index is 0.0474. The number of unbranched alkanes of at least 4 members (excludes halogenated alkanes) is 2. The highest BCUT2D eigenvalue weighted by Crippen LogP contribution is 2.33. The number of nitrogens with zero attached hydrogens (tertiary/aromatic N) is 1. The zero-order valence-electron chi connectivity index (χ0n) is 16.4. The first-order valence-corrected chi connectivity index (χ1v) is 10.7. The van der Waals surface area contributed by atoms with Gasteiger partial charge in [0.2, 0.25) is 0 Å². The molecule has 0 aromatic carbocycles. The summed E-state index contributed by atoms with van der Waals surface area (Å²) in [5.74, 6) is 1.53. The number of hydrogen-bond donors (Lipinski definition) is 0. The van der Waals surface area contributed by atoms with E-state index in [1.165, 1.54) is 44.6 Å². The Kier molecular flexibility index (Phi) is 9.53. The Bertz CT molecular complexity index is 501. The summed E-state index contributed by atoms with van der Waals surface area (Å²) in [7, 11) is 0. The molecule has 2 rings (SSSR count). The minimum Gasteiger partial charge on any atom is -0.462 e. The van der Waals surface area contributed by atoms with Gasteiger partial charge < -0.3 is 4.74 Å². The van der Waals surface area contributed by atoms with Crippen molar-refractivity contribution in [1.29, 1.82) is 5.26 Å². The van der Waals surface area contributed by atoms with Crippen LogP contribution < -0.4 is 0 Å². The normalized spacial score (nSPS) is 29.7. The van der Waals surface area contributed by atoms with Gasteiger partial charge in [0.25, 0.3) is 0 Å². The SMILES string of the molecule is CCCCC[C@H]1CC[C@H](OC(=O)[C@H]2CC[C@H](C=CC=CC#N)CC2)CC1. The Labute approximate surface area is 159 Å². The third-order valence-electron chi connectivity index (χ3n) is 6.06. The molecule has 2 saturated carbocycles. The molecule has 2 fully saturated rings. The highest BCUT2D eigenvalue weighted by molar-refractivity contribution is 5.72. The van der Waals surface area contributed by atoms with Gasteiger partial charge in [0.15, 0.2) is 0 Å². The number of rotatable bonds is 8. The molecule has 0 amide bonds. The lowest BCUT2D eigenvalue weighted by Crippen LogP contribution is -2.30. The predicted molar refractivity (Wildman–Crippen MR) is 105 cm³/mol. The number of carbonyl (C=O) groups is 1. The van der Waals surface area contributed by atoms with Crippen molar-refractivity contribution < 1.29 is 9.53 Å². The predicted octanol–water partition coefficient (Wildman–Crippen LogP) is 6.11. The summed E-state index contributed by atoms with van der Waals surface area (Å²) >= 11 is 0. The molecule has 3 nitrogen and oxygen atoms in total. The molecule has 0 bridgehead atoms. The maximum absolute atomic E-state index is 12.5. The second-order valence-corrected chi connectivity index (χ2v) is 8.06. The third kappa shape index (κ3) is 7.36. The van der Waals surface area contributed by atoms with Crippen molar-refractivity contribution in [2.45, 2.75) is 90.1 Å². The molecule has 0 atom stereocenters. The van der Waals surface area contributed by atoms with Crippen LogP contribution in [0.5, 0.6) is 0 Å². The maximum atomic E-state index is 12.5. The first-order valence-electron chi connectivity index (χ1n) is 10.7. The minimum absolute atomic E-state index is 0.0474. The Balaban J connectivity index is 1.63. The van der Waals surface area contributed by atoms with Crippen LogP contribution in [0.3, 0.4) is 0 Å². The van der Waals surface area contributed by atoms with Gasteiger partial charge in [-0.1, -0.05) is 50.8 Å². The molecule has 0 radical (unpaired) electrons. The summed E-state index contributed by atoms with van der Waals surface area (Å²) in [6.45, 7) is 2.26. The van der Waals surface area contributed by atoms with Crippen LogP contribution in [0.2, 0.25) is 0 Å². The lowest BCUT2D eigenvalue weighted by molar-refractivity contribution is -0.157. The first-order chi connectivity index (χ1) is 12.7. The van der Waals surface area contributed by atoms with Crippen LogP contribution >= 0.6 is 0 Å². The van der Waals surface area contributed by atoms with Crippen molar-refractivity contribution in [3.63, 3.8) is 0 Å². The summed E-state index contributed by atoms with van der Waals surface area (Å²) in [6.07, 6.45) is 21.4. The molecular weight excluding hydrogens is 322 g/mol. The van der Waals surface area contributed by atoms with E-state index >= 15 is 0 Å². The Morgan fingerprint density at radius 1 is 1.04 bits per heavy atom. The van der Waals surface area contributed by atoms with Crippen molar-refractivity contribution in [2.75, 3.05) is 0 Å². The van der Waals surface area contributed by atoms with E-state index in [2.05, 4.69) is 13.0 Å². The maximum Gasteiger partial charge on any atom is 0.309 e. The zero-order valence-corrected chi connectivity index (χ0v) is 16.4. The molecule has 0 N–H and O–H groups in total. The van der Waals surface area contributed by atoms with E-state index in [9.17, 15) is 4.79 Å². The smallest absolute Gasteiger partial charge is 0.309 e. The van der Waals surface area contributed by atoms with Crippen molar-refractivity contribution in [1.82, 2.24) is 0 Å². The van der Waals surface area contributed by atoms with E-state index in [0.29, 0.717) is 5.92 Å². The summed E-state index contributed by atoms with van der Waals surface area (Å²) < 4.78 is 5.85. The van der Waals surface area contributed by atoms with Crippen molar-refractivity contribution >= 4 is 5.97 Å². The van der Waals surface area contributed by atoms with E-state index in [-0.39, 0.29) is 18.0 Å². The molecule has 0 unspecified atom stereocenters. The number of ether oxygens (including phenoxy) is 1. The summed E-state index contributed by atoms with van der Waals surface area (Å²) in [5, 5.41) is 8.47. The molecule has 0 heterocycles. The first kappa shape index (κ1) is 20.7. The summed E-state index contributed by atoms with van der Waals surface area (Å²) in [4.78, 5) is 12.5. The van der Waals surface area contributed by atoms with Gasteiger partial charge in [0.05, 0.1) is 12.0 Å². The van der Waals surface area contributed by atoms with E-state index in [1.807, 2.05) is 12.1 Å². The van der Waals surface area contributed by atoms with Crippen LogP contribution in [0.1, 0.15) is 84.0 Å². The number of allylic oxidation sites excluding steroid dienone is 4. The van der Waals surface area contributed by atoms with Gasteiger partial charge in [0.1, 0.15) is 6.10 Å². The number of hydrogen-bond acceptors (Lipinski definition) is 3. The van der Waals surface area contributed by atoms with Crippen LogP contribution in [0.15, 0.2) is 24.3 Å². The molecule has 3 heteroatoms. The molecule has 0 aliphatic heterocycles. The van der Waals surface area contributed by atoms with E-state index < -0.39 is 0 Å². The quantitative estimate of drug-likeness (QED) is 0.228. The monoisotopic (exact) mass is 357 g/mol. The number of carbonyl (C=O) groups excluding carboxylic acids is 1. The molecule has 2 aliphatic rings. The molecule has 26 heavy (non-hydrogen) atoms. The second-order valence-electron chi connectivity index (χ2n) is 8.06. The standard InChI is InChI=1S/C23H35NO2/c1-2-3-5-8-20-12-16-22(17-13-20)26-23(25)21-14-10-19(11-15-21)9-6-4-7-18-24/h4,6-7,9,19-22H,2-3,5,8,10-17H2,1H3/t19-,20-,21-,22-. The van der Waals surface area contributed by atoms with E-state index in [0.717, 1.165) is 44.4 Å². The fourth-order valence-corrected chi connectivity index (χ4v) is 4.35. The molecule has 0 aromatic heterocycles. The Hall–Kier alpha value is -1.56. The van der Waals surface area contributed by atoms with Gasteiger partial charge in [0, 0.05) is 6.08 Å². The van der Waals surface area contributed by atoms with Crippen LogP contribution in [-0.4, -0.2) is 12.1 Å². The molecule has 2 aliphatic carbocycles. The van der Waals surface area contributed by atoms with Crippen LogP contribution in [0.25, 0.3) is 0 Å². The third-order valence-corrected chi connectivity index (χ3v) is 6.06. The fraction of sp³-hybridized carbons (Fsp3) is 0.739. The van der Waals surface area contributed by atoms with E-state index in [1.54, 1.807) is 6.08 Å². The topological polar surface area (TPSA) is 50.1 Å². The molecule has 144 valence electrons. The van der Waals surface area contributed by atoms with Gasteiger partial charge in [-0.25, -0.2) is 0 Å². The van der Waals surface area contributed by atoms with Crippen molar-refractivity contribution in [3.8, 4) is 6.07 Å². The lowest BCUT2D eigenvalue weighted by Gasteiger charge is -2.31. The van der Waals surface area contributed by atoms with Crippen LogP contribution in [0, 0.1) is 29.1 Å². The average Bonchev–Trinajstić information content (AvgIpc) is 2.67. The van der Waals surface area contributed by atoms with Crippen molar-refractivity contribution in [3.05, 3.63) is 24.3 Å². The van der Waals surface area contributed by atoms with Crippen LogP contribution in [-0.2, 0) is 9.53 Å². The number of nitriles is 1. The second kappa shape index (κ2) is 11.9. The fourth-order valence-electron chi connectivity index (χ4n) is 4.35. The molecule has 0 spiro atoms. The van der Waals surface area contributed by atoms with Crippen LogP contribution in [0.4, 0.5) is 0 Å². The van der Waals surface area contributed by atoms with Gasteiger partial charge >= 0.3 is 5.97 Å². The van der Waals surface area contributed by atoms with E-state index in [4.69, 9.17) is 10.00 Å². The zero-order chi connectivity index (χ0) is 18.6. The summed E-state index contributed by atoms with van der Waals surface area (Å²) in [5.41, 5.74) is 0. The van der Waals surface area contributed by atoms with Gasteiger partial charge in [-0.2, -0.15) is 5.26 Å². The lowest BCUT2D eigenvalue weighted by atomic mass is 9.81. The largest absolute Gasteiger partial charge is 0.462 e. The molecule has 0 aromatic rings. The van der Waals surface area contributed by atoms with Crippen molar-refractivity contribution in [2.24, 2.45) is 17.8 Å². The average molecular weight is 358 g/mol. The van der Waals surface area contributed by atoms with Gasteiger partial charge in [-0.05, 0) is 63.2 Å². The Morgan fingerprint density at radius 2 is 1.77 bits per heavy atom. The molecular formula is C23H35NO2. The van der Waals surface area contributed by atoms with Gasteiger partial charge in [-0.3, -0.25) is 4.79 Å².